The number of aliphatic hydroxyl groups is 1. The van der Waals surface area contributed by atoms with Crippen molar-refractivity contribution in [3.8, 4) is 18.2 Å². The lowest BCUT2D eigenvalue weighted by Gasteiger charge is -2.10. The van der Waals surface area contributed by atoms with E-state index < -0.39 is 6.10 Å². The first-order valence-corrected chi connectivity index (χ1v) is 7.10. The van der Waals surface area contributed by atoms with Crippen molar-refractivity contribution in [2.75, 3.05) is 5.32 Å². The smallest absolute Gasteiger partial charge is 0.163 e. The summed E-state index contributed by atoms with van der Waals surface area (Å²) in [6, 6.07) is 15.6. The third kappa shape index (κ3) is 3.31. The summed E-state index contributed by atoms with van der Waals surface area (Å²) >= 11 is 1.47. The lowest BCUT2D eigenvalue weighted by atomic mass is 10.1. The number of rotatable bonds is 4. The number of hydrogen-bond acceptors (Lipinski definition) is 6. The van der Waals surface area contributed by atoms with Gasteiger partial charge in [-0.05, 0) is 29.1 Å². The molecule has 1 atom stereocenters. The molecular formula is C16H10N4OS. The first-order valence-electron chi connectivity index (χ1n) is 6.22. The van der Waals surface area contributed by atoms with Gasteiger partial charge >= 0.3 is 0 Å². The van der Waals surface area contributed by atoms with Gasteiger partial charge in [0.1, 0.15) is 30.0 Å². The first-order chi connectivity index (χ1) is 10.7. The molecule has 2 aromatic rings. The van der Waals surface area contributed by atoms with Gasteiger partial charge in [-0.15, -0.1) is 11.3 Å². The number of nitrogens with zero attached hydrogens (tertiary/aromatic N) is 3. The van der Waals surface area contributed by atoms with Gasteiger partial charge in [-0.2, -0.15) is 15.8 Å². The molecule has 5 nitrogen and oxygen atoms in total. The van der Waals surface area contributed by atoms with E-state index in [2.05, 4.69) is 5.32 Å². The Labute approximate surface area is 131 Å². The Morgan fingerprint density at radius 1 is 1.05 bits per heavy atom. The van der Waals surface area contributed by atoms with Gasteiger partial charge in [-0.1, -0.05) is 18.2 Å². The summed E-state index contributed by atoms with van der Waals surface area (Å²) < 4.78 is 0. The van der Waals surface area contributed by atoms with Crippen LogP contribution in [0.3, 0.4) is 0 Å². The lowest BCUT2D eigenvalue weighted by molar-refractivity contribution is 0.224. The molecule has 106 valence electrons. The molecule has 0 aliphatic rings. The fourth-order valence-electron chi connectivity index (χ4n) is 1.79. The van der Waals surface area contributed by atoms with E-state index in [1.165, 1.54) is 11.3 Å². The molecular weight excluding hydrogens is 296 g/mol. The normalized spacial score (nSPS) is 10.6. The van der Waals surface area contributed by atoms with Crippen LogP contribution in [0, 0.1) is 34.0 Å². The fraction of sp³-hybridized carbons (Fsp3) is 0.0625. The highest BCUT2D eigenvalue weighted by atomic mass is 32.1. The molecule has 2 rings (SSSR count). The average Bonchev–Trinajstić information content (AvgIpc) is 3.09. The van der Waals surface area contributed by atoms with Crippen LogP contribution in [0.25, 0.3) is 0 Å². The quantitative estimate of drug-likeness (QED) is 0.845. The van der Waals surface area contributed by atoms with Crippen LogP contribution in [0.15, 0.2) is 53.0 Å². The zero-order valence-corrected chi connectivity index (χ0v) is 12.1. The molecule has 1 aromatic heterocycles. The molecule has 2 N–H and O–H groups in total. The monoisotopic (exact) mass is 306 g/mol. The van der Waals surface area contributed by atoms with Gasteiger partial charge in [0, 0.05) is 10.6 Å². The lowest BCUT2D eigenvalue weighted by Crippen LogP contribution is -2.01. The van der Waals surface area contributed by atoms with Crippen molar-refractivity contribution in [2.24, 2.45) is 0 Å². The average molecular weight is 306 g/mol. The SMILES string of the molecule is N#CC(C#N)=C(C#N)Nc1ccc(C(O)c2cccs2)cc1. The zero-order valence-electron chi connectivity index (χ0n) is 11.3. The Morgan fingerprint density at radius 2 is 1.73 bits per heavy atom. The molecule has 1 unspecified atom stereocenters. The van der Waals surface area contributed by atoms with Crippen molar-refractivity contribution < 1.29 is 5.11 Å². The van der Waals surface area contributed by atoms with Gasteiger partial charge in [0.15, 0.2) is 5.57 Å². The molecule has 0 fully saturated rings. The summed E-state index contributed by atoms with van der Waals surface area (Å²) in [5, 5.41) is 41.4. The van der Waals surface area contributed by atoms with Crippen LogP contribution in [0.5, 0.6) is 0 Å². The summed E-state index contributed by atoms with van der Waals surface area (Å²) in [7, 11) is 0. The Morgan fingerprint density at radius 3 is 2.23 bits per heavy atom. The van der Waals surface area contributed by atoms with Crippen molar-refractivity contribution in [2.45, 2.75) is 6.10 Å². The molecule has 0 amide bonds. The molecule has 0 aliphatic heterocycles. The molecule has 1 heterocycles. The number of benzene rings is 1. The third-order valence-electron chi connectivity index (χ3n) is 2.89. The van der Waals surface area contributed by atoms with E-state index in [0.29, 0.717) is 5.69 Å². The summed E-state index contributed by atoms with van der Waals surface area (Å²) in [6.07, 6.45) is -0.700. The molecule has 0 aliphatic carbocycles. The maximum Gasteiger partial charge on any atom is 0.163 e. The fourth-order valence-corrected chi connectivity index (χ4v) is 2.52. The van der Waals surface area contributed by atoms with E-state index in [4.69, 9.17) is 15.8 Å². The number of thiophene rings is 1. The summed E-state index contributed by atoms with van der Waals surface area (Å²) in [5.41, 5.74) is 0.903. The molecule has 0 radical (unpaired) electrons. The molecule has 0 saturated heterocycles. The second kappa shape index (κ2) is 7.06. The van der Waals surface area contributed by atoms with E-state index in [1.807, 2.05) is 17.5 Å². The minimum absolute atomic E-state index is 0.100. The van der Waals surface area contributed by atoms with Crippen LogP contribution < -0.4 is 5.32 Å². The topological polar surface area (TPSA) is 104 Å². The van der Waals surface area contributed by atoms with Crippen molar-refractivity contribution in [3.05, 3.63) is 63.5 Å². The van der Waals surface area contributed by atoms with Gasteiger partial charge in [0.05, 0.1) is 0 Å². The number of nitriles is 3. The zero-order chi connectivity index (χ0) is 15.9. The van der Waals surface area contributed by atoms with Gasteiger partial charge in [-0.3, -0.25) is 0 Å². The maximum atomic E-state index is 10.2. The number of anilines is 1. The summed E-state index contributed by atoms with van der Waals surface area (Å²) in [6.45, 7) is 0. The van der Waals surface area contributed by atoms with Crippen LogP contribution in [0.4, 0.5) is 5.69 Å². The largest absolute Gasteiger partial charge is 0.383 e. The molecule has 6 heteroatoms. The summed E-state index contributed by atoms with van der Waals surface area (Å²) in [4.78, 5) is 0.842. The molecule has 0 bridgehead atoms. The third-order valence-corrected chi connectivity index (χ3v) is 3.82. The van der Waals surface area contributed by atoms with Crippen LogP contribution in [-0.4, -0.2) is 5.11 Å². The van der Waals surface area contributed by atoms with Crippen molar-refractivity contribution >= 4 is 17.0 Å². The van der Waals surface area contributed by atoms with Crippen LogP contribution in [0.1, 0.15) is 16.5 Å². The highest BCUT2D eigenvalue weighted by Gasteiger charge is 2.11. The second-order valence-corrected chi connectivity index (χ2v) is 5.23. The number of aliphatic hydroxyl groups excluding tert-OH is 1. The van der Waals surface area contributed by atoms with E-state index in [0.717, 1.165) is 10.4 Å². The van der Waals surface area contributed by atoms with Crippen molar-refractivity contribution in [1.82, 2.24) is 0 Å². The van der Waals surface area contributed by atoms with Gasteiger partial charge in [0.2, 0.25) is 0 Å². The molecule has 1 aromatic carbocycles. The van der Waals surface area contributed by atoms with Crippen LogP contribution in [-0.2, 0) is 0 Å². The van der Waals surface area contributed by atoms with Gasteiger partial charge < -0.3 is 10.4 Å². The predicted molar refractivity (Wildman–Crippen MR) is 82.3 cm³/mol. The minimum Gasteiger partial charge on any atom is -0.383 e. The molecule has 0 saturated carbocycles. The highest BCUT2D eigenvalue weighted by Crippen LogP contribution is 2.26. The van der Waals surface area contributed by atoms with Crippen molar-refractivity contribution in [1.29, 1.82) is 15.8 Å². The Bertz CT molecular complexity index is 786. The Hall–Kier alpha value is -3.11. The predicted octanol–water partition coefficient (Wildman–Crippen LogP) is 3.07. The van der Waals surface area contributed by atoms with Crippen molar-refractivity contribution in [3.63, 3.8) is 0 Å². The Kier molecular flexibility index (Phi) is 4.90. The van der Waals surface area contributed by atoms with E-state index in [9.17, 15) is 5.11 Å². The van der Waals surface area contributed by atoms with E-state index in [1.54, 1.807) is 42.5 Å². The summed E-state index contributed by atoms with van der Waals surface area (Å²) in [5.74, 6) is 0. The van der Waals surface area contributed by atoms with Gasteiger partial charge in [-0.25, -0.2) is 0 Å². The number of nitrogens with one attached hydrogen (secondary N) is 1. The standard InChI is InChI=1S/C16H10N4OS/c17-8-12(9-18)14(10-19)20-13-5-3-11(4-6-13)16(21)15-2-1-7-22-15/h1-7,16,20-21H. The maximum absolute atomic E-state index is 10.2. The van der Waals surface area contributed by atoms with E-state index >= 15 is 0 Å². The molecule has 0 spiro atoms. The van der Waals surface area contributed by atoms with Crippen LogP contribution in [0.2, 0.25) is 0 Å². The number of allylic oxidation sites excluding steroid dienone is 2. The molecule has 22 heavy (non-hydrogen) atoms. The first kappa shape index (κ1) is 15.3. The van der Waals surface area contributed by atoms with Gasteiger partial charge in [0.25, 0.3) is 0 Å². The van der Waals surface area contributed by atoms with E-state index in [-0.39, 0.29) is 11.3 Å². The Balaban J connectivity index is 2.20. The highest BCUT2D eigenvalue weighted by molar-refractivity contribution is 7.10. The minimum atomic E-state index is -0.700. The second-order valence-electron chi connectivity index (χ2n) is 4.25. The van der Waals surface area contributed by atoms with Crippen LogP contribution >= 0.6 is 11.3 Å². The number of hydrogen-bond donors (Lipinski definition) is 2.